The molecule has 1 fully saturated rings. The van der Waals surface area contributed by atoms with Crippen LogP contribution in [0.3, 0.4) is 0 Å². The third-order valence-electron chi connectivity index (χ3n) is 6.41. The van der Waals surface area contributed by atoms with Crippen LogP contribution in [0.15, 0.2) is 48.5 Å². The number of urea groups is 1. The van der Waals surface area contributed by atoms with Crippen molar-refractivity contribution in [3.8, 4) is 11.5 Å². The molecule has 2 atom stereocenters. The number of likely N-dealkylation sites (N-methyl/N-ethyl adjacent to an activating group) is 1. The standard InChI is InChI=1S/C24H25N3O5/c1-26(13-17-15-31-19-10-4-5-11-20(19)32-17)21(28)14-27-22(29)24(25-23(27)30)12-6-8-16-7-2-3-9-18(16)24/h2-5,7,9-11,17H,6,8,12-15H2,1H3,(H,25,30)/t17-,24+/m0/s1. The highest BCUT2D eigenvalue weighted by Gasteiger charge is 2.54. The van der Waals surface area contributed by atoms with Gasteiger partial charge in [0, 0.05) is 7.05 Å². The topological polar surface area (TPSA) is 88.2 Å². The molecule has 2 aromatic rings. The number of amides is 4. The molecule has 5 rings (SSSR count). The largest absolute Gasteiger partial charge is 0.486 e. The normalized spacial score (nSPS) is 23.7. The highest BCUT2D eigenvalue weighted by atomic mass is 16.6. The van der Waals surface area contributed by atoms with E-state index in [1.807, 2.05) is 48.5 Å². The highest BCUT2D eigenvalue weighted by Crippen LogP contribution is 2.39. The molecule has 0 aromatic heterocycles. The summed E-state index contributed by atoms with van der Waals surface area (Å²) < 4.78 is 11.6. The summed E-state index contributed by atoms with van der Waals surface area (Å²) in [4.78, 5) is 41.5. The second-order valence-electron chi connectivity index (χ2n) is 8.51. The van der Waals surface area contributed by atoms with Crippen LogP contribution in [0, 0.1) is 0 Å². The van der Waals surface area contributed by atoms with Gasteiger partial charge in [-0.3, -0.25) is 14.5 Å². The fraction of sp³-hybridized carbons (Fsp3) is 0.375. The summed E-state index contributed by atoms with van der Waals surface area (Å²) in [7, 11) is 1.64. The van der Waals surface area contributed by atoms with Gasteiger partial charge in [-0.25, -0.2) is 4.79 Å². The summed E-state index contributed by atoms with van der Waals surface area (Å²) in [5, 5.41) is 2.88. The minimum atomic E-state index is -1.07. The molecule has 1 spiro atoms. The van der Waals surface area contributed by atoms with Gasteiger partial charge in [0.2, 0.25) is 5.91 Å². The van der Waals surface area contributed by atoms with Crippen LogP contribution < -0.4 is 14.8 Å². The average molecular weight is 435 g/mol. The Morgan fingerprint density at radius 3 is 2.75 bits per heavy atom. The highest BCUT2D eigenvalue weighted by molar-refractivity contribution is 6.09. The molecule has 1 aliphatic carbocycles. The molecule has 32 heavy (non-hydrogen) atoms. The van der Waals surface area contributed by atoms with Crippen LogP contribution in [0.5, 0.6) is 11.5 Å². The molecule has 2 heterocycles. The monoisotopic (exact) mass is 435 g/mol. The fourth-order valence-electron chi connectivity index (χ4n) is 4.77. The van der Waals surface area contributed by atoms with Gasteiger partial charge in [-0.05, 0) is 42.5 Å². The number of aryl methyl sites for hydroxylation is 1. The Kier molecular flexibility index (Phi) is 5.00. The van der Waals surface area contributed by atoms with Crippen molar-refractivity contribution in [3.05, 3.63) is 59.7 Å². The molecule has 2 aromatic carbocycles. The van der Waals surface area contributed by atoms with Crippen molar-refractivity contribution in [1.82, 2.24) is 15.1 Å². The van der Waals surface area contributed by atoms with E-state index in [2.05, 4.69) is 5.32 Å². The molecule has 3 aliphatic rings. The molecule has 0 radical (unpaired) electrons. The first-order valence-electron chi connectivity index (χ1n) is 10.8. The van der Waals surface area contributed by atoms with Crippen molar-refractivity contribution in [2.24, 2.45) is 0 Å². The van der Waals surface area contributed by atoms with Crippen LogP contribution in [0.1, 0.15) is 24.0 Å². The Morgan fingerprint density at radius 2 is 1.91 bits per heavy atom. The zero-order valence-electron chi connectivity index (χ0n) is 17.9. The van der Waals surface area contributed by atoms with Crippen LogP contribution in [0.2, 0.25) is 0 Å². The predicted molar refractivity (Wildman–Crippen MR) is 115 cm³/mol. The maximum absolute atomic E-state index is 13.4. The molecule has 0 bridgehead atoms. The van der Waals surface area contributed by atoms with Gasteiger partial charge < -0.3 is 19.7 Å². The molecular formula is C24H25N3O5. The number of hydrogen-bond acceptors (Lipinski definition) is 5. The Bertz CT molecular complexity index is 1090. The third-order valence-corrected chi connectivity index (χ3v) is 6.41. The van der Waals surface area contributed by atoms with Crippen molar-refractivity contribution < 1.29 is 23.9 Å². The van der Waals surface area contributed by atoms with Gasteiger partial charge in [-0.2, -0.15) is 0 Å². The lowest BCUT2D eigenvalue weighted by atomic mass is 9.76. The van der Waals surface area contributed by atoms with Gasteiger partial charge in [0.25, 0.3) is 5.91 Å². The van der Waals surface area contributed by atoms with Gasteiger partial charge in [-0.15, -0.1) is 0 Å². The van der Waals surface area contributed by atoms with E-state index in [0.29, 0.717) is 24.5 Å². The van der Waals surface area contributed by atoms with E-state index in [-0.39, 0.29) is 31.0 Å². The zero-order valence-corrected chi connectivity index (χ0v) is 17.9. The number of nitrogens with zero attached hydrogens (tertiary/aromatic N) is 2. The molecule has 0 unspecified atom stereocenters. The maximum Gasteiger partial charge on any atom is 0.325 e. The lowest BCUT2D eigenvalue weighted by molar-refractivity contribution is -0.139. The molecule has 1 N–H and O–H groups in total. The first kappa shape index (κ1) is 20.4. The van der Waals surface area contributed by atoms with E-state index in [9.17, 15) is 14.4 Å². The van der Waals surface area contributed by atoms with Crippen molar-refractivity contribution in [2.45, 2.75) is 30.9 Å². The Balaban J connectivity index is 1.26. The summed E-state index contributed by atoms with van der Waals surface area (Å²) in [6.45, 7) is 0.289. The molecule has 4 amide bonds. The van der Waals surface area contributed by atoms with Gasteiger partial charge >= 0.3 is 6.03 Å². The molecule has 8 heteroatoms. The average Bonchev–Trinajstić information content (AvgIpc) is 3.04. The van der Waals surface area contributed by atoms with Crippen LogP contribution >= 0.6 is 0 Å². The van der Waals surface area contributed by atoms with Crippen molar-refractivity contribution in [1.29, 1.82) is 0 Å². The van der Waals surface area contributed by atoms with Crippen LogP contribution in [0.4, 0.5) is 4.79 Å². The Hall–Kier alpha value is -3.55. The Morgan fingerprint density at radius 1 is 1.16 bits per heavy atom. The number of benzene rings is 2. The van der Waals surface area contributed by atoms with E-state index in [0.717, 1.165) is 28.9 Å². The van der Waals surface area contributed by atoms with Crippen LogP contribution in [0.25, 0.3) is 0 Å². The molecule has 2 aliphatic heterocycles. The van der Waals surface area contributed by atoms with E-state index in [1.54, 1.807) is 7.05 Å². The van der Waals surface area contributed by atoms with Crippen LogP contribution in [-0.4, -0.2) is 60.5 Å². The number of fused-ring (bicyclic) bond motifs is 3. The summed E-state index contributed by atoms with van der Waals surface area (Å²) >= 11 is 0. The molecule has 1 saturated heterocycles. The summed E-state index contributed by atoms with van der Waals surface area (Å²) in [5.74, 6) is 0.617. The summed E-state index contributed by atoms with van der Waals surface area (Å²) in [6.07, 6.45) is 1.86. The SMILES string of the molecule is CN(C[C@H]1COc2ccccc2O1)C(=O)CN1C(=O)N[C@@]2(CCCc3ccccc32)C1=O. The predicted octanol–water partition coefficient (Wildman–Crippen LogP) is 2.07. The second kappa shape index (κ2) is 7.85. The summed E-state index contributed by atoms with van der Waals surface area (Å²) in [5.41, 5.74) is 0.821. The van der Waals surface area contributed by atoms with Gasteiger partial charge in [0.1, 0.15) is 18.7 Å². The number of hydrogen-bond donors (Lipinski definition) is 1. The van der Waals surface area contributed by atoms with Gasteiger partial charge in [-0.1, -0.05) is 36.4 Å². The maximum atomic E-state index is 13.4. The Labute approximate surface area is 186 Å². The van der Waals surface area contributed by atoms with Crippen molar-refractivity contribution in [2.75, 3.05) is 26.7 Å². The van der Waals surface area contributed by atoms with E-state index < -0.39 is 11.6 Å². The van der Waals surface area contributed by atoms with Crippen LogP contribution in [-0.2, 0) is 21.5 Å². The minimum absolute atomic E-state index is 0.283. The number of ether oxygens (including phenoxy) is 2. The zero-order chi connectivity index (χ0) is 22.3. The van der Waals surface area contributed by atoms with Crippen molar-refractivity contribution >= 4 is 17.8 Å². The molecule has 166 valence electrons. The minimum Gasteiger partial charge on any atom is -0.486 e. The number of nitrogens with one attached hydrogen (secondary N) is 1. The lowest BCUT2D eigenvalue weighted by Gasteiger charge is -2.33. The number of imide groups is 1. The second-order valence-corrected chi connectivity index (χ2v) is 8.51. The third kappa shape index (κ3) is 3.36. The lowest BCUT2D eigenvalue weighted by Crippen LogP contribution is -2.48. The molecular weight excluding hydrogens is 410 g/mol. The van der Waals surface area contributed by atoms with Gasteiger partial charge in [0.15, 0.2) is 17.6 Å². The molecule has 8 nitrogen and oxygen atoms in total. The summed E-state index contributed by atoms with van der Waals surface area (Å²) in [6, 6.07) is 14.5. The quantitative estimate of drug-likeness (QED) is 0.743. The first-order valence-corrected chi connectivity index (χ1v) is 10.8. The first-order chi connectivity index (χ1) is 15.5. The van der Waals surface area contributed by atoms with E-state index in [1.165, 1.54) is 4.90 Å². The number of para-hydroxylation sites is 2. The number of rotatable bonds is 4. The number of carbonyl (C=O) groups excluding carboxylic acids is 3. The van der Waals surface area contributed by atoms with Gasteiger partial charge in [0.05, 0.1) is 6.54 Å². The van der Waals surface area contributed by atoms with E-state index in [4.69, 9.17) is 9.47 Å². The fourth-order valence-corrected chi connectivity index (χ4v) is 4.77. The van der Waals surface area contributed by atoms with Crippen molar-refractivity contribution in [3.63, 3.8) is 0 Å². The smallest absolute Gasteiger partial charge is 0.325 e. The molecule has 0 saturated carbocycles. The van der Waals surface area contributed by atoms with E-state index >= 15 is 0 Å². The number of carbonyl (C=O) groups is 3.